The Kier molecular flexibility index (Phi) is 3.53. The Morgan fingerprint density at radius 2 is 2.19 bits per heavy atom. The van der Waals surface area contributed by atoms with E-state index in [1.807, 2.05) is 0 Å². The fraction of sp³-hybridized carbons (Fsp3) is 0.200. The molecular formula is C10H8F2N2O2. The first-order chi connectivity index (χ1) is 7.51. The Bertz CT molecular complexity index is 467. The molecule has 0 atom stereocenters. The maximum atomic E-state index is 12.6. The van der Waals surface area contributed by atoms with Gasteiger partial charge in [-0.15, -0.1) is 0 Å². The van der Waals surface area contributed by atoms with E-state index in [9.17, 15) is 13.6 Å². The van der Waals surface area contributed by atoms with Crippen molar-refractivity contribution in [1.82, 2.24) is 0 Å². The molecule has 0 spiro atoms. The Hall–Kier alpha value is -2.00. The van der Waals surface area contributed by atoms with Gasteiger partial charge in [-0.1, -0.05) is 0 Å². The highest BCUT2D eigenvalue weighted by Crippen LogP contribution is 2.26. The Morgan fingerprint density at radius 1 is 1.56 bits per heavy atom. The lowest BCUT2D eigenvalue weighted by Crippen LogP contribution is -2.08. The van der Waals surface area contributed by atoms with E-state index in [0.29, 0.717) is 0 Å². The third-order valence-corrected chi connectivity index (χ3v) is 2.09. The highest BCUT2D eigenvalue weighted by atomic mass is 19.3. The monoisotopic (exact) mass is 226 g/mol. The number of hydrogen-bond donors (Lipinski definition) is 2. The number of rotatable bonds is 3. The van der Waals surface area contributed by atoms with E-state index < -0.39 is 18.0 Å². The molecule has 0 saturated carbocycles. The van der Waals surface area contributed by atoms with Crippen LogP contribution in [-0.4, -0.2) is 11.1 Å². The van der Waals surface area contributed by atoms with E-state index in [1.54, 1.807) is 6.07 Å². The number of halogens is 2. The minimum absolute atomic E-state index is 0.0337. The fourth-order valence-corrected chi connectivity index (χ4v) is 1.31. The summed E-state index contributed by atoms with van der Waals surface area (Å²) >= 11 is 0. The lowest BCUT2D eigenvalue weighted by molar-refractivity contribution is 0.0696. The van der Waals surface area contributed by atoms with E-state index in [0.717, 1.165) is 12.1 Å². The van der Waals surface area contributed by atoms with Gasteiger partial charge in [0.15, 0.2) is 0 Å². The zero-order valence-electron chi connectivity index (χ0n) is 8.08. The first-order valence-corrected chi connectivity index (χ1v) is 4.29. The Balaban J connectivity index is 3.48. The molecule has 1 rings (SSSR count). The van der Waals surface area contributed by atoms with Gasteiger partial charge in [-0.3, -0.25) is 0 Å². The molecule has 0 aliphatic carbocycles. The third kappa shape index (κ3) is 2.15. The molecule has 0 bridgehead atoms. The molecule has 1 aromatic rings. The van der Waals surface area contributed by atoms with Gasteiger partial charge in [0.05, 0.1) is 11.1 Å². The SMILES string of the molecule is N#Cc1cc(C(F)F)c(CN)cc1C(=O)O. The number of aromatic carboxylic acids is 1. The average Bonchev–Trinajstić information content (AvgIpc) is 2.26. The lowest BCUT2D eigenvalue weighted by Gasteiger charge is -2.09. The molecule has 4 nitrogen and oxygen atoms in total. The van der Waals surface area contributed by atoms with Crippen LogP contribution in [-0.2, 0) is 6.54 Å². The largest absolute Gasteiger partial charge is 0.478 e. The van der Waals surface area contributed by atoms with Crippen LogP contribution in [0.3, 0.4) is 0 Å². The van der Waals surface area contributed by atoms with E-state index in [4.69, 9.17) is 16.1 Å². The van der Waals surface area contributed by atoms with Crippen LogP contribution in [0.5, 0.6) is 0 Å². The number of carboxylic acid groups (broad SMARTS) is 1. The van der Waals surface area contributed by atoms with Gasteiger partial charge >= 0.3 is 5.97 Å². The maximum absolute atomic E-state index is 12.6. The topological polar surface area (TPSA) is 87.1 Å². The number of nitriles is 1. The van der Waals surface area contributed by atoms with Crippen LogP contribution in [0.1, 0.15) is 33.5 Å². The molecule has 0 radical (unpaired) electrons. The summed E-state index contributed by atoms with van der Waals surface area (Å²) in [6.45, 7) is -0.203. The molecule has 0 fully saturated rings. The summed E-state index contributed by atoms with van der Waals surface area (Å²) in [7, 11) is 0. The minimum atomic E-state index is -2.78. The number of carboxylic acids is 1. The molecule has 0 aliphatic heterocycles. The highest BCUT2D eigenvalue weighted by molar-refractivity contribution is 5.91. The van der Waals surface area contributed by atoms with Crippen LogP contribution in [0.2, 0.25) is 0 Å². The summed E-state index contributed by atoms with van der Waals surface area (Å²) in [5.74, 6) is -1.34. The number of benzene rings is 1. The van der Waals surface area contributed by atoms with Crippen LogP contribution >= 0.6 is 0 Å². The second kappa shape index (κ2) is 4.68. The summed E-state index contributed by atoms with van der Waals surface area (Å²) in [6, 6.07) is 3.46. The Labute approximate surface area is 89.9 Å². The van der Waals surface area contributed by atoms with Gasteiger partial charge in [0, 0.05) is 12.1 Å². The van der Waals surface area contributed by atoms with E-state index in [1.165, 1.54) is 0 Å². The van der Waals surface area contributed by atoms with Gasteiger partial charge in [0.1, 0.15) is 6.07 Å². The molecule has 84 valence electrons. The molecule has 16 heavy (non-hydrogen) atoms. The minimum Gasteiger partial charge on any atom is -0.478 e. The van der Waals surface area contributed by atoms with Crippen LogP contribution < -0.4 is 5.73 Å². The smallest absolute Gasteiger partial charge is 0.337 e. The summed E-state index contributed by atoms with van der Waals surface area (Å²) in [6.07, 6.45) is -2.78. The quantitative estimate of drug-likeness (QED) is 0.820. The van der Waals surface area contributed by atoms with Crippen molar-refractivity contribution in [1.29, 1.82) is 5.26 Å². The summed E-state index contributed by atoms with van der Waals surface area (Å²) in [5, 5.41) is 17.4. The van der Waals surface area contributed by atoms with Crippen molar-refractivity contribution >= 4 is 5.97 Å². The Morgan fingerprint density at radius 3 is 2.56 bits per heavy atom. The predicted molar refractivity (Wildman–Crippen MR) is 51.0 cm³/mol. The zero-order valence-corrected chi connectivity index (χ0v) is 8.08. The molecule has 3 N–H and O–H groups in total. The molecule has 0 aromatic heterocycles. The molecule has 0 unspecified atom stereocenters. The number of carbonyl (C=O) groups is 1. The van der Waals surface area contributed by atoms with Gasteiger partial charge in [0.2, 0.25) is 0 Å². The van der Waals surface area contributed by atoms with Crippen molar-refractivity contribution in [2.45, 2.75) is 13.0 Å². The van der Waals surface area contributed by atoms with Crippen molar-refractivity contribution in [2.75, 3.05) is 0 Å². The first kappa shape index (κ1) is 12.1. The maximum Gasteiger partial charge on any atom is 0.337 e. The van der Waals surface area contributed by atoms with Crippen molar-refractivity contribution in [3.05, 3.63) is 34.4 Å². The third-order valence-electron chi connectivity index (χ3n) is 2.09. The second-order valence-corrected chi connectivity index (χ2v) is 3.02. The number of alkyl halides is 2. The summed E-state index contributed by atoms with van der Waals surface area (Å²) in [4.78, 5) is 10.8. The second-order valence-electron chi connectivity index (χ2n) is 3.02. The normalized spacial score (nSPS) is 10.2. The van der Waals surface area contributed by atoms with Crippen molar-refractivity contribution in [2.24, 2.45) is 5.73 Å². The molecule has 0 amide bonds. The van der Waals surface area contributed by atoms with Gasteiger partial charge in [-0.05, 0) is 17.7 Å². The van der Waals surface area contributed by atoms with E-state index in [-0.39, 0.29) is 23.2 Å². The van der Waals surface area contributed by atoms with Crippen LogP contribution in [0.4, 0.5) is 8.78 Å². The first-order valence-electron chi connectivity index (χ1n) is 4.29. The number of nitrogens with zero attached hydrogens (tertiary/aromatic N) is 1. The zero-order chi connectivity index (χ0) is 12.3. The van der Waals surface area contributed by atoms with Crippen molar-refractivity contribution in [3.63, 3.8) is 0 Å². The number of nitrogens with two attached hydrogens (primary N) is 1. The van der Waals surface area contributed by atoms with Gasteiger partial charge in [0.25, 0.3) is 6.43 Å². The van der Waals surface area contributed by atoms with Gasteiger partial charge in [-0.2, -0.15) is 5.26 Å². The summed E-state index contributed by atoms with van der Waals surface area (Å²) in [5.41, 5.74) is 4.27. The fourth-order valence-electron chi connectivity index (χ4n) is 1.31. The van der Waals surface area contributed by atoms with E-state index >= 15 is 0 Å². The average molecular weight is 226 g/mol. The molecule has 0 aliphatic rings. The molecule has 1 aromatic carbocycles. The molecule has 0 heterocycles. The molecule has 0 saturated heterocycles. The van der Waals surface area contributed by atoms with Crippen LogP contribution in [0, 0.1) is 11.3 Å². The summed E-state index contributed by atoms with van der Waals surface area (Å²) < 4.78 is 25.1. The predicted octanol–water partition coefficient (Wildman–Crippen LogP) is 1.65. The van der Waals surface area contributed by atoms with Gasteiger partial charge in [-0.25, -0.2) is 13.6 Å². The van der Waals surface area contributed by atoms with Gasteiger partial charge < -0.3 is 10.8 Å². The molecular weight excluding hydrogens is 218 g/mol. The van der Waals surface area contributed by atoms with Crippen molar-refractivity contribution in [3.8, 4) is 6.07 Å². The standard InChI is InChI=1S/C10H8F2N2O2/c11-9(12)7-1-6(4-14)8(10(15)16)2-5(7)3-13/h1-2,9H,3,13H2,(H,15,16). The van der Waals surface area contributed by atoms with Crippen LogP contribution in [0.25, 0.3) is 0 Å². The van der Waals surface area contributed by atoms with Crippen molar-refractivity contribution < 1.29 is 18.7 Å². The highest BCUT2D eigenvalue weighted by Gasteiger charge is 2.18. The van der Waals surface area contributed by atoms with Crippen LogP contribution in [0.15, 0.2) is 12.1 Å². The lowest BCUT2D eigenvalue weighted by atomic mass is 9.99. The molecule has 6 heteroatoms. The number of hydrogen-bond acceptors (Lipinski definition) is 3. The van der Waals surface area contributed by atoms with E-state index in [2.05, 4.69) is 0 Å².